The van der Waals surface area contributed by atoms with Gasteiger partial charge in [0.25, 0.3) is 0 Å². The van der Waals surface area contributed by atoms with Crippen LogP contribution in [0, 0.1) is 0 Å². The number of sulfone groups is 1. The monoisotopic (exact) mass is 327 g/mol. The van der Waals surface area contributed by atoms with Crippen LogP contribution in [0.4, 0.5) is 10.5 Å². The summed E-state index contributed by atoms with van der Waals surface area (Å²) >= 11 is 0. The van der Waals surface area contributed by atoms with E-state index in [1.807, 2.05) is 0 Å². The molecule has 3 N–H and O–H groups in total. The van der Waals surface area contributed by atoms with Crippen LogP contribution in [0.5, 0.6) is 0 Å². The summed E-state index contributed by atoms with van der Waals surface area (Å²) in [5.41, 5.74) is 1.26. The Balaban J connectivity index is 2.65. The number of carbonyl (C=O) groups is 2. The van der Waals surface area contributed by atoms with Crippen molar-refractivity contribution in [3.8, 4) is 0 Å². The van der Waals surface area contributed by atoms with E-state index >= 15 is 0 Å². The molecule has 22 heavy (non-hydrogen) atoms. The first-order valence-corrected chi connectivity index (χ1v) is 8.52. The summed E-state index contributed by atoms with van der Waals surface area (Å²) in [7, 11) is -1.77. The number of carbonyl (C=O) groups excluding carboxylic acids is 2. The van der Waals surface area contributed by atoms with Crippen molar-refractivity contribution in [3.05, 3.63) is 29.8 Å². The summed E-state index contributed by atoms with van der Waals surface area (Å²) in [6.07, 6.45) is 0. The van der Waals surface area contributed by atoms with Crippen LogP contribution in [0.2, 0.25) is 0 Å². The molecule has 0 unspecified atom stereocenters. The fourth-order valence-electron chi connectivity index (χ4n) is 1.59. The first kappa shape index (κ1) is 18.0. The largest absolute Gasteiger partial charge is 0.376 e. The summed E-state index contributed by atoms with van der Waals surface area (Å²) in [6, 6.07) is 6.25. The molecule has 0 atom stereocenters. The Kier molecular flexibility index (Phi) is 6.36. The summed E-state index contributed by atoms with van der Waals surface area (Å²) in [5.74, 6) is -0.537. The topological polar surface area (TPSA) is 104 Å². The van der Waals surface area contributed by atoms with Gasteiger partial charge in [-0.15, -0.1) is 0 Å². The Bertz CT molecular complexity index is 641. The van der Waals surface area contributed by atoms with Crippen LogP contribution in [0.3, 0.4) is 0 Å². The van der Waals surface area contributed by atoms with Gasteiger partial charge in [0.15, 0.2) is 9.84 Å². The first-order valence-electron chi connectivity index (χ1n) is 6.80. The molecular formula is C14H21N3O4S. The van der Waals surface area contributed by atoms with E-state index in [1.165, 1.54) is 7.05 Å². The Morgan fingerprint density at radius 2 is 1.91 bits per heavy atom. The SMILES string of the molecule is CNC(=O)NC(=O)CNc1cccc(CS(=O)(=O)C(C)C)c1. The van der Waals surface area contributed by atoms with Crippen LogP contribution >= 0.6 is 0 Å². The lowest BCUT2D eigenvalue weighted by Crippen LogP contribution is -2.40. The minimum atomic E-state index is -3.18. The third kappa shape index (κ3) is 5.72. The molecule has 122 valence electrons. The van der Waals surface area contributed by atoms with Crippen molar-refractivity contribution in [3.63, 3.8) is 0 Å². The number of hydrogen-bond acceptors (Lipinski definition) is 5. The van der Waals surface area contributed by atoms with E-state index in [4.69, 9.17) is 0 Å². The van der Waals surface area contributed by atoms with Crippen molar-refractivity contribution in [2.24, 2.45) is 0 Å². The summed E-state index contributed by atoms with van der Waals surface area (Å²) < 4.78 is 23.8. The highest BCUT2D eigenvalue weighted by atomic mass is 32.2. The molecule has 0 radical (unpaired) electrons. The number of anilines is 1. The van der Waals surface area contributed by atoms with Crippen LogP contribution < -0.4 is 16.0 Å². The number of benzene rings is 1. The van der Waals surface area contributed by atoms with Gasteiger partial charge in [0, 0.05) is 12.7 Å². The average molecular weight is 327 g/mol. The van der Waals surface area contributed by atoms with E-state index in [0.717, 1.165) is 0 Å². The number of imide groups is 1. The maximum atomic E-state index is 11.9. The van der Waals surface area contributed by atoms with E-state index in [1.54, 1.807) is 38.1 Å². The second-order valence-electron chi connectivity index (χ2n) is 5.04. The molecule has 0 aromatic heterocycles. The van der Waals surface area contributed by atoms with Crippen molar-refractivity contribution < 1.29 is 18.0 Å². The summed E-state index contributed by atoms with van der Waals surface area (Å²) in [4.78, 5) is 22.4. The van der Waals surface area contributed by atoms with Gasteiger partial charge in [-0.1, -0.05) is 12.1 Å². The number of rotatable bonds is 6. The number of amides is 3. The molecule has 0 aliphatic heterocycles. The van der Waals surface area contributed by atoms with Gasteiger partial charge in [-0.3, -0.25) is 10.1 Å². The lowest BCUT2D eigenvalue weighted by Gasteiger charge is -2.10. The van der Waals surface area contributed by atoms with Gasteiger partial charge in [0.2, 0.25) is 5.91 Å². The number of nitrogens with one attached hydrogen (secondary N) is 3. The highest BCUT2D eigenvalue weighted by Gasteiger charge is 2.16. The van der Waals surface area contributed by atoms with Gasteiger partial charge in [-0.05, 0) is 31.5 Å². The van der Waals surface area contributed by atoms with Gasteiger partial charge in [0.05, 0.1) is 17.5 Å². The Morgan fingerprint density at radius 3 is 2.50 bits per heavy atom. The van der Waals surface area contributed by atoms with E-state index in [0.29, 0.717) is 11.3 Å². The zero-order chi connectivity index (χ0) is 16.8. The maximum absolute atomic E-state index is 11.9. The first-order chi connectivity index (χ1) is 10.2. The fraction of sp³-hybridized carbons (Fsp3) is 0.429. The molecule has 0 fully saturated rings. The Morgan fingerprint density at radius 1 is 1.23 bits per heavy atom. The van der Waals surface area contributed by atoms with Gasteiger partial charge < -0.3 is 10.6 Å². The van der Waals surface area contributed by atoms with E-state index in [2.05, 4.69) is 16.0 Å². The molecule has 8 heteroatoms. The van der Waals surface area contributed by atoms with Crippen molar-refractivity contribution in [2.45, 2.75) is 24.9 Å². The van der Waals surface area contributed by atoms with Crippen molar-refractivity contribution in [1.29, 1.82) is 0 Å². The third-order valence-electron chi connectivity index (χ3n) is 2.95. The average Bonchev–Trinajstić information content (AvgIpc) is 2.44. The molecule has 0 saturated heterocycles. The third-order valence-corrected chi connectivity index (χ3v) is 5.12. The van der Waals surface area contributed by atoms with Crippen molar-refractivity contribution >= 4 is 27.5 Å². The molecule has 1 aromatic rings. The predicted molar refractivity (Wildman–Crippen MR) is 85.3 cm³/mol. The molecular weight excluding hydrogens is 306 g/mol. The lowest BCUT2D eigenvalue weighted by molar-refractivity contribution is -0.118. The van der Waals surface area contributed by atoms with Gasteiger partial charge in [-0.2, -0.15) is 0 Å². The summed E-state index contributed by atoms with van der Waals surface area (Å²) in [6.45, 7) is 3.19. The lowest BCUT2D eigenvalue weighted by atomic mass is 10.2. The zero-order valence-electron chi connectivity index (χ0n) is 12.8. The number of urea groups is 1. The maximum Gasteiger partial charge on any atom is 0.321 e. The zero-order valence-corrected chi connectivity index (χ0v) is 13.7. The number of hydrogen-bond donors (Lipinski definition) is 3. The van der Waals surface area contributed by atoms with Crippen molar-refractivity contribution in [1.82, 2.24) is 10.6 Å². The highest BCUT2D eigenvalue weighted by Crippen LogP contribution is 2.15. The normalized spacial score (nSPS) is 11.1. The fourth-order valence-corrected chi connectivity index (χ4v) is 2.56. The second kappa shape index (κ2) is 7.79. The van der Waals surface area contributed by atoms with Gasteiger partial charge in [0.1, 0.15) is 0 Å². The molecule has 7 nitrogen and oxygen atoms in total. The molecule has 0 aliphatic carbocycles. The molecule has 0 saturated carbocycles. The van der Waals surface area contributed by atoms with Gasteiger partial charge >= 0.3 is 6.03 Å². The molecule has 3 amide bonds. The van der Waals surface area contributed by atoms with E-state index in [9.17, 15) is 18.0 Å². The smallest absolute Gasteiger partial charge is 0.321 e. The Hall–Kier alpha value is -2.09. The van der Waals surface area contributed by atoms with Crippen LogP contribution in [-0.2, 0) is 20.4 Å². The van der Waals surface area contributed by atoms with E-state index < -0.39 is 27.0 Å². The molecule has 0 aliphatic rings. The highest BCUT2D eigenvalue weighted by molar-refractivity contribution is 7.91. The standard InChI is InChI=1S/C14H21N3O4S/c1-10(2)22(20,21)9-11-5-4-6-12(7-11)16-8-13(18)17-14(19)15-3/h4-7,10,16H,8-9H2,1-3H3,(H2,15,17,18,19). The minimum absolute atomic E-state index is 0.0510. The van der Waals surface area contributed by atoms with Crippen molar-refractivity contribution in [2.75, 3.05) is 18.9 Å². The Labute approximate surface area is 130 Å². The van der Waals surface area contributed by atoms with E-state index in [-0.39, 0.29) is 12.3 Å². The quantitative estimate of drug-likeness (QED) is 0.719. The van der Waals surface area contributed by atoms with Gasteiger partial charge in [-0.25, -0.2) is 13.2 Å². The van der Waals surface area contributed by atoms with Crippen LogP contribution in [0.15, 0.2) is 24.3 Å². The van der Waals surface area contributed by atoms with Crippen LogP contribution in [-0.4, -0.2) is 39.2 Å². The minimum Gasteiger partial charge on any atom is -0.376 e. The van der Waals surface area contributed by atoms with Crippen LogP contribution in [0.25, 0.3) is 0 Å². The van der Waals surface area contributed by atoms with Crippen LogP contribution in [0.1, 0.15) is 19.4 Å². The molecule has 1 rings (SSSR count). The molecule has 0 bridgehead atoms. The summed E-state index contributed by atoms with van der Waals surface area (Å²) in [5, 5.41) is 6.79. The molecule has 0 spiro atoms. The second-order valence-corrected chi connectivity index (χ2v) is 7.59. The predicted octanol–water partition coefficient (Wildman–Crippen LogP) is 0.877. The molecule has 0 heterocycles. The molecule has 1 aromatic carbocycles.